The van der Waals surface area contributed by atoms with E-state index in [1.807, 2.05) is 0 Å². The predicted octanol–water partition coefficient (Wildman–Crippen LogP) is 0.763. The molecule has 0 aliphatic carbocycles. The highest BCUT2D eigenvalue weighted by Crippen LogP contribution is 2.19. The molecule has 0 aromatic rings. The minimum Gasteiger partial charge on any atom is -0.481 e. The molecule has 6 nitrogen and oxygen atoms in total. The van der Waals surface area contributed by atoms with Crippen LogP contribution < -0.4 is 5.32 Å². The Labute approximate surface area is 99.8 Å². The summed E-state index contributed by atoms with van der Waals surface area (Å²) in [6.07, 6.45) is -7.10. The second-order valence-electron chi connectivity index (χ2n) is 3.54. The maximum atomic E-state index is 11.8. The number of carbonyl (C=O) groups excluding carboxylic acids is 1. The van der Waals surface area contributed by atoms with Crippen molar-refractivity contribution in [2.24, 2.45) is 0 Å². The van der Waals surface area contributed by atoms with Gasteiger partial charge in [-0.05, 0) is 12.8 Å². The molecule has 0 aliphatic rings. The van der Waals surface area contributed by atoms with Gasteiger partial charge in [-0.15, -0.1) is 0 Å². The third-order valence-electron chi connectivity index (χ3n) is 1.88. The van der Waals surface area contributed by atoms with Crippen LogP contribution in [0.2, 0.25) is 0 Å². The van der Waals surface area contributed by atoms with Crippen molar-refractivity contribution >= 4 is 17.8 Å². The third-order valence-corrected chi connectivity index (χ3v) is 1.88. The molecule has 1 atom stereocenters. The molecule has 0 heterocycles. The van der Waals surface area contributed by atoms with E-state index in [2.05, 4.69) is 0 Å². The van der Waals surface area contributed by atoms with Crippen LogP contribution in [0.4, 0.5) is 13.2 Å². The highest BCUT2D eigenvalue weighted by Gasteiger charge is 2.32. The van der Waals surface area contributed by atoms with Gasteiger partial charge in [0.2, 0.25) is 5.91 Å². The van der Waals surface area contributed by atoms with Crippen molar-refractivity contribution in [1.29, 1.82) is 0 Å². The van der Waals surface area contributed by atoms with Gasteiger partial charge in [0, 0.05) is 6.42 Å². The quantitative estimate of drug-likeness (QED) is 0.634. The summed E-state index contributed by atoms with van der Waals surface area (Å²) in [6.45, 7) is 0. The first-order valence-electron chi connectivity index (χ1n) is 4.92. The summed E-state index contributed by atoms with van der Waals surface area (Å²) in [5, 5.41) is 18.7. The number of carbonyl (C=O) groups is 3. The number of rotatable bonds is 7. The van der Waals surface area contributed by atoms with Crippen molar-refractivity contribution < 1.29 is 37.8 Å². The molecule has 0 radical (unpaired) electrons. The number of nitrogens with one attached hydrogen (secondary N) is 1. The molecule has 1 amide bonds. The first-order valence-corrected chi connectivity index (χ1v) is 4.92. The molecule has 0 bridgehead atoms. The average molecular weight is 271 g/mol. The lowest BCUT2D eigenvalue weighted by molar-refractivity contribution is -0.156. The molecule has 0 fully saturated rings. The van der Waals surface area contributed by atoms with E-state index in [1.54, 1.807) is 5.32 Å². The lowest BCUT2D eigenvalue weighted by Crippen LogP contribution is -2.42. The molecular formula is C9H12F3NO5. The molecule has 3 N–H and O–H groups in total. The number of carboxylic acids is 2. The van der Waals surface area contributed by atoms with Crippen LogP contribution in [0.1, 0.15) is 25.7 Å². The van der Waals surface area contributed by atoms with Crippen molar-refractivity contribution in [1.82, 2.24) is 5.32 Å². The van der Waals surface area contributed by atoms with E-state index in [9.17, 15) is 27.6 Å². The maximum absolute atomic E-state index is 11.8. The van der Waals surface area contributed by atoms with Crippen LogP contribution in [0.3, 0.4) is 0 Å². The standard InChI is InChI=1S/C9H12F3NO5/c10-9(11,12)4-6(14)13-5(8(17)18)2-1-3-7(15)16/h5H,1-4H2,(H,13,14)(H,15,16)(H,17,18)/t5-/m1/s1. The summed E-state index contributed by atoms with van der Waals surface area (Å²) in [5.74, 6) is -4.11. The Bertz CT molecular complexity index is 329. The van der Waals surface area contributed by atoms with Crippen LogP contribution in [0.25, 0.3) is 0 Å². The van der Waals surface area contributed by atoms with Gasteiger partial charge in [0.1, 0.15) is 12.5 Å². The van der Waals surface area contributed by atoms with Gasteiger partial charge in [0.05, 0.1) is 0 Å². The zero-order valence-electron chi connectivity index (χ0n) is 9.16. The van der Waals surface area contributed by atoms with Crippen LogP contribution in [0.15, 0.2) is 0 Å². The molecule has 104 valence electrons. The smallest absolute Gasteiger partial charge is 0.397 e. The summed E-state index contributed by atoms with van der Waals surface area (Å²) in [7, 11) is 0. The van der Waals surface area contributed by atoms with E-state index in [-0.39, 0.29) is 19.3 Å². The van der Waals surface area contributed by atoms with Gasteiger partial charge in [-0.1, -0.05) is 0 Å². The van der Waals surface area contributed by atoms with Crippen molar-refractivity contribution in [2.75, 3.05) is 0 Å². The SMILES string of the molecule is O=C(O)CCC[C@@H](NC(=O)CC(F)(F)F)C(=O)O. The van der Waals surface area contributed by atoms with Gasteiger partial charge in [-0.25, -0.2) is 4.79 Å². The molecule has 0 aromatic carbocycles. The van der Waals surface area contributed by atoms with Crippen molar-refractivity contribution in [3.05, 3.63) is 0 Å². The second-order valence-corrected chi connectivity index (χ2v) is 3.54. The largest absolute Gasteiger partial charge is 0.481 e. The van der Waals surface area contributed by atoms with E-state index < -0.39 is 36.5 Å². The van der Waals surface area contributed by atoms with E-state index in [0.717, 1.165) is 0 Å². The molecule has 18 heavy (non-hydrogen) atoms. The first-order chi connectivity index (χ1) is 8.11. The fourth-order valence-electron chi connectivity index (χ4n) is 1.14. The molecule has 0 rings (SSSR count). The molecular weight excluding hydrogens is 259 g/mol. The maximum Gasteiger partial charge on any atom is 0.397 e. The molecule has 0 aromatic heterocycles. The van der Waals surface area contributed by atoms with Crippen LogP contribution in [-0.2, 0) is 14.4 Å². The average Bonchev–Trinajstić information content (AvgIpc) is 2.12. The van der Waals surface area contributed by atoms with E-state index in [0.29, 0.717) is 0 Å². The summed E-state index contributed by atoms with van der Waals surface area (Å²) in [5.41, 5.74) is 0. The predicted molar refractivity (Wildman–Crippen MR) is 51.7 cm³/mol. The van der Waals surface area contributed by atoms with Gasteiger partial charge < -0.3 is 15.5 Å². The van der Waals surface area contributed by atoms with Gasteiger partial charge in [0.25, 0.3) is 0 Å². The Hall–Kier alpha value is -1.80. The van der Waals surface area contributed by atoms with Crippen LogP contribution in [0.5, 0.6) is 0 Å². The zero-order chi connectivity index (χ0) is 14.3. The molecule has 0 unspecified atom stereocenters. The summed E-state index contributed by atoms with van der Waals surface area (Å²) in [6, 6.07) is -1.51. The van der Waals surface area contributed by atoms with Crippen molar-refractivity contribution in [2.45, 2.75) is 37.9 Å². The number of alkyl halides is 3. The number of amides is 1. The Balaban J connectivity index is 4.23. The zero-order valence-corrected chi connectivity index (χ0v) is 9.16. The Morgan fingerprint density at radius 2 is 1.72 bits per heavy atom. The molecule has 0 saturated carbocycles. The first kappa shape index (κ1) is 16.2. The fourth-order valence-corrected chi connectivity index (χ4v) is 1.14. The Morgan fingerprint density at radius 3 is 2.11 bits per heavy atom. The van der Waals surface area contributed by atoms with Gasteiger partial charge >= 0.3 is 18.1 Å². The van der Waals surface area contributed by atoms with Crippen LogP contribution in [0, 0.1) is 0 Å². The van der Waals surface area contributed by atoms with Crippen LogP contribution >= 0.6 is 0 Å². The topological polar surface area (TPSA) is 104 Å². The molecule has 0 spiro atoms. The fraction of sp³-hybridized carbons (Fsp3) is 0.667. The van der Waals surface area contributed by atoms with Crippen molar-refractivity contribution in [3.63, 3.8) is 0 Å². The van der Waals surface area contributed by atoms with E-state index >= 15 is 0 Å². The summed E-state index contributed by atoms with van der Waals surface area (Å²) in [4.78, 5) is 31.7. The highest BCUT2D eigenvalue weighted by atomic mass is 19.4. The number of hydrogen-bond donors (Lipinski definition) is 3. The normalized spacial score (nSPS) is 12.8. The highest BCUT2D eigenvalue weighted by molar-refractivity contribution is 5.83. The number of halogens is 3. The molecule has 9 heteroatoms. The second kappa shape index (κ2) is 6.82. The van der Waals surface area contributed by atoms with Gasteiger partial charge in [0.15, 0.2) is 0 Å². The van der Waals surface area contributed by atoms with Gasteiger partial charge in [-0.2, -0.15) is 13.2 Å². The summed E-state index contributed by atoms with van der Waals surface area (Å²) < 4.78 is 35.5. The third kappa shape index (κ3) is 8.36. The lowest BCUT2D eigenvalue weighted by Gasteiger charge is -2.14. The summed E-state index contributed by atoms with van der Waals surface area (Å²) >= 11 is 0. The van der Waals surface area contributed by atoms with E-state index in [4.69, 9.17) is 10.2 Å². The number of hydrogen-bond acceptors (Lipinski definition) is 3. The number of carboxylic acid groups (broad SMARTS) is 2. The van der Waals surface area contributed by atoms with Crippen LogP contribution in [-0.4, -0.2) is 40.3 Å². The lowest BCUT2D eigenvalue weighted by atomic mass is 10.1. The monoisotopic (exact) mass is 271 g/mol. The van der Waals surface area contributed by atoms with E-state index in [1.165, 1.54) is 0 Å². The van der Waals surface area contributed by atoms with Crippen molar-refractivity contribution in [3.8, 4) is 0 Å². The minimum atomic E-state index is -4.71. The Kier molecular flexibility index (Phi) is 6.14. The molecule has 0 saturated heterocycles. The molecule has 0 aliphatic heterocycles. The van der Waals surface area contributed by atoms with Gasteiger partial charge in [-0.3, -0.25) is 9.59 Å². The number of aliphatic carboxylic acids is 2. The Morgan fingerprint density at radius 1 is 1.17 bits per heavy atom. The minimum absolute atomic E-state index is 0.0569.